The molecule has 0 aromatic carbocycles. The van der Waals surface area contributed by atoms with Crippen molar-refractivity contribution in [3.8, 4) is 0 Å². The number of hydrogen-bond donors (Lipinski definition) is 2. The summed E-state index contributed by atoms with van der Waals surface area (Å²) in [6.07, 6.45) is 1.10. The van der Waals surface area contributed by atoms with Crippen LogP contribution in [0.5, 0.6) is 0 Å². The molecule has 2 nitrogen and oxygen atoms in total. The van der Waals surface area contributed by atoms with Crippen LogP contribution in [0.2, 0.25) is 0 Å². The van der Waals surface area contributed by atoms with Gasteiger partial charge in [-0.3, -0.25) is 0 Å². The fourth-order valence-corrected chi connectivity index (χ4v) is 2.65. The summed E-state index contributed by atoms with van der Waals surface area (Å²) in [5, 5.41) is 19.9. The highest BCUT2D eigenvalue weighted by Crippen LogP contribution is 2.37. The fraction of sp³-hybridized carbons (Fsp3) is 1.00. The quantitative estimate of drug-likeness (QED) is 0.716. The van der Waals surface area contributed by atoms with Crippen LogP contribution in [-0.4, -0.2) is 22.4 Å². The molecular formula is C12H24O2. The Morgan fingerprint density at radius 1 is 0.786 bits per heavy atom. The van der Waals surface area contributed by atoms with E-state index >= 15 is 0 Å². The van der Waals surface area contributed by atoms with Crippen LogP contribution in [0.4, 0.5) is 0 Å². The van der Waals surface area contributed by atoms with E-state index in [1.54, 1.807) is 0 Å². The minimum atomic E-state index is -0.217. The fourth-order valence-electron chi connectivity index (χ4n) is 2.65. The Balaban J connectivity index is 2.62. The first-order valence-electron chi connectivity index (χ1n) is 5.79. The van der Waals surface area contributed by atoms with Crippen LogP contribution in [0, 0.1) is 23.7 Å². The molecule has 2 N–H and O–H groups in total. The van der Waals surface area contributed by atoms with Gasteiger partial charge in [0.25, 0.3) is 0 Å². The average molecular weight is 200 g/mol. The molecular weight excluding hydrogens is 176 g/mol. The second-order valence-corrected chi connectivity index (χ2v) is 5.42. The Hall–Kier alpha value is -0.0800. The maximum Gasteiger partial charge on any atom is 0.0575 e. The van der Waals surface area contributed by atoms with E-state index in [1.165, 1.54) is 0 Å². The summed E-state index contributed by atoms with van der Waals surface area (Å²) in [7, 11) is 0. The molecule has 0 amide bonds. The lowest BCUT2D eigenvalue weighted by Gasteiger charge is -2.40. The zero-order valence-corrected chi connectivity index (χ0v) is 9.77. The highest BCUT2D eigenvalue weighted by Gasteiger charge is 2.37. The minimum Gasteiger partial charge on any atom is -0.393 e. The van der Waals surface area contributed by atoms with Gasteiger partial charge in [-0.25, -0.2) is 0 Å². The first-order valence-corrected chi connectivity index (χ1v) is 5.79. The molecule has 1 aliphatic rings. The molecule has 0 radical (unpaired) electrons. The van der Waals surface area contributed by atoms with Crippen molar-refractivity contribution in [2.75, 3.05) is 0 Å². The van der Waals surface area contributed by atoms with Crippen molar-refractivity contribution in [3.63, 3.8) is 0 Å². The molecule has 0 heterocycles. The first-order chi connectivity index (χ1) is 6.43. The van der Waals surface area contributed by atoms with Gasteiger partial charge in [-0.1, -0.05) is 27.7 Å². The highest BCUT2D eigenvalue weighted by atomic mass is 16.3. The third kappa shape index (κ3) is 2.48. The molecule has 0 saturated heterocycles. The zero-order chi connectivity index (χ0) is 10.9. The Bertz CT molecular complexity index is 157. The van der Waals surface area contributed by atoms with Crippen LogP contribution in [0.3, 0.4) is 0 Å². The van der Waals surface area contributed by atoms with E-state index in [-0.39, 0.29) is 24.0 Å². The van der Waals surface area contributed by atoms with Crippen molar-refractivity contribution in [2.24, 2.45) is 23.7 Å². The van der Waals surface area contributed by atoms with Gasteiger partial charge in [-0.2, -0.15) is 0 Å². The van der Waals surface area contributed by atoms with Gasteiger partial charge in [0.15, 0.2) is 0 Å². The Kier molecular flexibility index (Phi) is 3.96. The van der Waals surface area contributed by atoms with Crippen LogP contribution in [0.15, 0.2) is 0 Å². The molecule has 4 atom stereocenters. The predicted octanol–water partition coefficient (Wildman–Crippen LogP) is 2.05. The highest BCUT2D eigenvalue weighted by molar-refractivity contribution is 4.87. The zero-order valence-electron chi connectivity index (χ0n) is 9.77. The van der Waals surface area contributed by atoms with E-state index < -0.39 is 0 Å². The summed E-state index contributed by atoms with van der Waals surface area (Å²) in [6, 6.07) is 0. The number of rotatable bonds is 2. The lowest BCUT2D eigenvalue weighted by molar-refractivity contribution is -0.0597. The van der Waals surface area contributed by atoms with Crippen LogP contribution >= 0.6 is 0 Å². The van der Waals surface area contributed by atoms with Crippen LogP contribution in [0.1, 0.15) is 40.5 Å². The Morgan fingerprint density at radius 2 is 1.07 bits per heavy atom. The van der Waals surface area contributed by atoms with E-state index in [9.17, 15) is 10.2 Å². The maximum atomic E-state index is 9.97. The summed E-state index contributed by atoms with van der Waals surface area (Å²) >= 11 is 0. The van der Waals surface area contributed by atoms with Gasteiger partial charge in [0.05, 0.1) is 12.2 Å². The normalized spacial score (nSPS) is 39.4. The second-order valence-electron chi connectivity index (χ2n) is 5.42. The van der Waals surface area contributed by atoms with Gasteiger partial charge >= 0.3 is 0 Å². The number of aliphatic hydroxyl groups excluding tert-OH is 2. The van der Waals surface area contributed by atoms with Crippen molar-refractivity contribution < 1.29 is 10.2 Å². The van der Waals surface area contributed by atoms with Gasteiger partial charge in [0.1, 0.15) is 0 Å². The van der Waals surface area contributed by atoms with Crippen molar-refractivity contribution in [3.05, 3.63) is 0 Å². The number of aliphatic hydroxyl groups is 2. The van der Waals surface area contributed by atoms with Gasteiger partial charge < -0.3 is 10.2 Å². The first kappa shape index (κ1) is 12.0. The second kappa shape index (κ2) is 4.63. The molecule has 0 bridgehead atoms. The largest absolute Gasteiger partial charge is 0.393 e. The molecule has 1 rings (SSSR count). The third-order valence-electron chi connectivity index (χ3n) is 3.73. The van der Waals surface area contributed by atoms with Gasteiger partial charge in [-0.05, 0) is 36.5 Å². The van der Waals surface area contributed by atoms with Crippen LogP contribution in [0.25, 0.3) is 0 Å². The number of hydrogen-bond acceptors (Lipinski definition) is 2. The monoisotopic (exact) mass is 200 g/mol. The summed E-state index contributed by atoms with van der Waals surface area (Å²) < 4.78 is 0. The van der Waals surface area contributed by atoms with Crippen molar-refractivity contribution in [1.29, 1.82) is 0 Å². The smallest absolute Gasteiger partial charge is 0.0575 e. The van der Waals surface area contributed by atoms with E-state index in [1.807, 2.05) is 0 Å². The average Bonchev–Trinajstić information content (AvgIpc) is 2.07. The van der Waals surface area contributed by atoms with E-state index in [0.29, 0.717) is 11.8 Å². The molecule has 1 fully saturated rings. The standard InChI is InChI=1S/C12H24O2/c1-7(2)9-5-12(14)10(8(3)4)6-11(9)13/h7-14H,5-6H2,1-4H3/t9-,10-,11+,12+/m0/s1. The third-order valence-corrected chi connectivity index (χ3v) is 3.73. The Morgan fingerprint density at radius 3 is 1.29 bits per heavy atom. The van der Waals surface area contributed by atoms with E-state index in [4.69, 9.17) is 0 Å². The van der Waals surface area contributed by atoms with E-state index in [2.05, 4.69) is 27.7 Å². The SMILES string of the molecule is CC(C)[C@@H]1C[C@@H](O)[C@H](C(C)C)C[C@H]1O. The predicted molar refractivity (Wildman–Crippen MR) is 57.9 cm³/mol. The van der Waals surface area contributed by atoms with Gasteiger partial charge in [-0.15, -0.1) is 0 Å². The molecule has 14 heavy (non-hydrogen) atoms. The summed E-state index contributed by atoms with van der Waals surface area (Å²) in [4.78, 5) is 0. The molecule has 0 aliphatic heterocycles. The van der Waals surface area contributed by atoms with Crippen LogP contribution in [-0.2, 0) is 0 Å². The van der Waals surface area contributed by atoms with Gasteiger partial charge in [0.2, 0.25) is 0 Å². The minimum absolute atomic E-state index is 0.217. The molecule has 0 spiro atoms. The summed E-state index contributed by atoms with van der Waals surface area (Å²) in [5.41, 5.74) is 0. The molecule has 2 heteroatoms. The van der Waals surface area contributed by atoms with Crippen LogP contribution < -0.4 is 0 Å². The lowest BCUT2D eigenvalue weighted by atomic mass is 9.70. The van der Waals surface area contributed by atoms with Gasteiger partial charge in [0, 0.05) is 0 Å². The van der Waals surface area contributed by atoms with E-state index in [0.717, 1.165) is 12.8 Å². The molecule has 0 aromatic heterocycles. The molecule has 1 saturated carbocycles. The van der Waals surface area contributed by atoms with Crippen molar-refractivity contribution in [1.82, 2.24) is 0 Å². The molecule has 84 valence electrons. The summed E-state index contributed by atoms with van der Waals surface area (Å²) in [5.74, 6) is 1.49. The maximum absolute atomic E-state index is 9.97. The van der Waals surface area contributed by atoms with Crippen molar-refractivity contribution >= 4 is 0 Å². The molecule has 1 aliphatic carbocycles. The van der Waals surface area contributed by atoms with Crippen molar-refractivity contribution in [2.45, 2.75) is 52.7 Å². The lowest BCUT2D eigenvalue weighted by Crippen LogP contribution is -2.42. The molecule has 0 unspecified atom stereocenters. The summed E-state index contributed by atoms with van der Waals surface area (Å²) in [6.45, 7) is 8.49. The molecule has 0 aromatic rings. The Labute approximate surface area is 87.3 Å². The topological polar surface area (TPSA) is 40.5 Å².